The van der Waals surface area contributed by atoms with Gasteiger partial charge >= 0.3 is 5.63 Å². The molecule has 2 heterocycles. The van der Waals surface area contributed by atoms with Crippen molar-refractivity contribution in [2.45, 2.75) is 4.90 Å². The molecule has 4 aromatic rings. The number of fused-ring (bicyclic) bond motifs is 3. The van der Waals surface area contributed by atoms with E-state index >= 15 is 0 Å². The fourth-order valence-corrected chi connectivity index (χ4v) is 2.31. The third-order valence-corrected chi connectivity index (χ3v) is 3.54. The van der Waals surface area contributed by atoms with Gasteiger partial charge in [-0.25, -0.2) is 4.79 Å². The number of para-hydroxylation sites is 1. The van der Waals surface area contributed by atoms with Crippen molar-refractivity contribution in [2.24, 2.45) is 0 Å². The zero-order chi connectivity index (χ0) is 15.5. The van der Waals surface area contributed by atoms with E-state index in [1.807, 2.05) is 0 Å². The lowest BCUT2D eigenvalue weighted by Gasteiger charge is -2.03. The summed E-state index contributed by atoms with van der Waals surface area (Å²) in [6.07, 6.45) is 0. The molecule has 0 atom stereocenters. The van der Waals surface area contributed by atoms with Crippen molar-refractivity contribution in [3.05, 3.63) is 59.0 Å². The molecule has 0 amide bonds. The van der Waals surface area contributed by atoms with E-state index in [1.165, 1.54) is 25.3 Å². The van der Waals surface area contributed by atoms with Gasteiger partial charge in [0.05, 0.1) is 12.5 Å². The Hall–Kier alpha value is -2.38. The van der Waals surface area contributed by atoms with E-state index in [0.717, 1.165) is 0 Å². The van der Waals surface area contributed by atoms with Crippen LogP contribution < -0.4 is 10.4 Å². The van der Waals surface area contributed by atoms with Gasteiger partial charge in [0.15, 0.2) is 0 Å². The predicted molar refractivity (Wildman–Crippen MR) is 76.5 cm³/mol. The van der Waals surface area contributed by atoms with E-state index in [2.05, 4.69) is 0 Å². The minimum Gasteiger partial charge on any atom is -0.495 e. The predicted octanol–water partition coefficient (Wildman–Crippen LogP) is 2.17. The first-order chi connectivity index (χ1) is 9.91. The first kappa shape index (κ1) is 15.0. The molecule has 2 bridgehead atoms. The van der Waals surface area contributed by atoms with Gasteiger partial charge in [-0.3, -0.25) is 4.55 Å². The van der Waals surface area contributed by atoms with Crippen LogP contribution in [0.2, 0.25) is 0 Å². The topological polar surface area (TPSA) is 93.8 Å². The second kappa shape index (κ2) is 5.94. The highest BCUT2D eigenvalue weighted by Crippen LogP contribution is 2.21. The molecule has 0 aliphatic heterocycles. The van der Waals surface area contributed by atoms with E-state index < -0.39 is 10.1 Å². The van der Waals surface area contributed by atoms with Crippen LogP contribution in [0.1, 0.15) is 0 Å². The normalized spacial score (nSPS) is 11.0. The Morgan fingerprint density at radius 2 is 1.67 bits per heavy atom. The molecular weight excluding hydrogens is 296 g/mol. The van der Waals surface area contributed by atoms with Gasteiger partial charge in [-0.05, 0) is 36.4 Å². The van der Waals surface area contributed by atoms with Crippen molar-refractivity contribution in [1.29, 1.82) is 0 Å². The van der Waals surface area contributed by atoms with Crippen LogP contribution in [0.3, 0.4) is 0 Å². The van der Waals surface area contributed by atoms with Gasteiger partial charge in [0, 0.05) is 0 Å². The second-order valence-electron chi connectivity index (χ2n) is 4.04. The Kier molecular flexibility index (Phi) is 4.25. The molecule has 110 valence electrons. The molecule has 0 aliphatic rings. The zero-order valence-electron chi connectivity index (χ0n) is 11.0. The van der Waals surface area contributed by atoms with Gasteiger partial charge in [0.1, 0.15) is 16.2 Å². The van der Waals surface area contributed by atoms with Crippen molar-refractivity contribution in [1.82, 2.24) is 0 Å². The molecular formula is C14H12O6S. The maximum Gasteiger partial charge on any atom is 0.343 e. The highest BCUT2D eigenvalue weighted by Gasteiger charge is 2.14. The second-order valence-corrected chi connectivity index (χ2v) is 5.43. The Balaban J connectivity index is 0.000000159. The molecule has 0 radical (unpaired) electrons. The number of methoxy groups -OCH3 is 1. The smallest absolute Gasteiger partial charge is 0.343 e. The van der Waals surface area contributed by atoms with Gasteiger partial charge in [-0.15, -0.1) is 0 Å². The molecule has 21 heavy (non-hydrogen) atoms. The fourth-order valence-electron chi connectivity index (χ4n) is 1.66. The average Bonchev–Trinajstić information content (AvgIpc) is 2.48. The summed E-state index contributed by atoms with van der Waals surface area (Å²) in [5, 5.41) is 0.630. The van der Waals surface area contributed by atoms with Crippen LogP contribution >= 0.6 is 0 Å². The first-order valence-corrected chi connectivity index (χ1v) is 7.28. The lowest BCUT2D eigenvalue weighted by molar-refractivity contribution is 0.397. The van der Waals surface area contributed by atoms with Crippen LogP contribution in [-0.4, -0.2) is 20.1 Å². The summed E-state index contributed by atoms with van der Waals surface area (Å²) in [5.41, 5.74) is 0.394. The summed E-state index contributed by atoms with van der Waals surface area (Å²) < 4.78 is 39.6. The van der Waals surface area contributed by atoms with Crippen LogP contribution in [0.5, 0.6) is 5.75 Å². The van der Waals surface area contributed by atoms with Crippen LogP contribution in [0.4, 0.5) is 0 Å². The summed E-state index contributed by atoms with van der Waals surface area (Å²) in [6.45, 7) is 0. The molecule has 6 nitrogen and oxygen atoms in total. The van der Waals surface area contributed by atoms with Crippen LogP contribution in [-0.2, 0) is 10.1 Å². The third-order valence-electron chi connectivity index (χ3n) is 2.65. The highest BCUT2D eigenvalue weighted by molar-refractivity contribution is 7.86. The van der Waals surface area contributed by atoms with Crippen molar-refractivity contribution < 1.29 is 22.1 Å². The third kappa shape index (κ3) is 3.59. The Labute approximate surface area is 120 Å². The number of rotatable bonds is 2. The number of hydrogen-bond acceptors (Lipinski definition) is 5. The van der Waals surface area contributed by atoms with E-state index in [0.29, 0.717) is 11.0 Å². The van der Waals surface area contributed by atoms with Crippen LogP contribution in [0, 0.1) is 0 Å². The first-order valence-electron chi connectivity index (χ1n) is 5.84. The SMILES string of the molecule is COc1ccccc1S(=O)(=O)O.O=c1oc2ccc1cc2. The van der Waals surface area contributed by atoms with Crippen LogP contribution in [0.25, 0.3) is 11.0 Å². The quantitative estimate of drug-likeness (QED) is 0.729. The van der Waals surface area contributed by atoms with E-state index in [1.54, 1.807) is 30.3 Å². The Morgan fingerprint density at radius 3 is 2.00 bits per heavy atom. The van der Waals surface area contributed by atoms with Crippen molar-refractivity contribution in [2.75, 3.05) is 7.11 Å². The largest absolute Gasteiger partial charge is 0.495 e. The number of hydrogen-bond donors (Lipinski definition) is 1. The average molecular weight is 308 g/mol. The Morgan fingerprint density at radius 1 is 1.05 bits per heavy atom. The lowest BCUT2D eigenvalue weighted by Crippen LogP contribution is -2.00. The van der Waals surface area contributed by atoms with Crippen LogP contribution in [0.15, 0.2) is 62.6 Å². The van der Waals surface area contributed by atoms with E-state index in [-0.39, 0.29) is 16.3 Å². The highest BCUT2D eigenvalue weighted by atomic mass is 32.2. The minimum absolute atomic E-state index is 0.139. The maximum absolute atomic E-state index is 10.7. The van der Waals surface area contributed by atoms with Gasteiger partial charge < -0.3 is 9.15 Å². The van der Waals surface area contributed by atoms with Gasteiger partial charge in [0.2, 0.25) is 0 Å². The molecule has 4 rings (SSSR count). The fraction of sp³-hybridized carbons (Fsp3) is 0.0714. The number of benzene rings is 2. The summed E-state index contributed by atoms with van der Waals surface area (Å²) in [7, 11) is -2.83. The van der Waals surface area contributed by atoms with Gasteiger partial charge in [-0.1, -0.05) is 12.1 Å². The molecule has 0 unspecified atom stereocenters. The standard InChI is InChI=1S/C7H8O4S.C7H4O2/c1-11-6-4-2-3-5-7(6)12(8,9)10;8-7-5-1-3-6(9-7)4-2-5/h2-5H,1H3,(H,8,9,10);1-4H. The summed E-state index contributed by atoms with van der Waals surface area (Å²) in [6, 6.07) is 12.9. The maximum atomic E-state index is 10.7. The lowest BCUT2D eigenvalue weighted by atomic mass is 10.2. The van der Waals surface area contributed by atoms with Crippen molar-refractivity contribution in [3.8, 4) is 5.75 Å². The summed E-state index contributed by atoms with van der Waals surface area (Å²) >= 11 is 0. The molecule has 0 saturated heterocycles. The molecule has 2 aromatic heterocycles. The Bertz CT molecular complexity index is 861. The molecule has 1 N–H and O–H groups in total. The summed E-state index contributed by atoms with van der Waals surface area (Å²) in [4.78, 5) is 10.5. The van der Waals surface area contributed by atoms with Crippen molar-refractivity contribution in [3.63, 3.8) is 0 Å². The molecule has 0 aliphatic carbocycles. The van der Waals surface area contributed by atoms with Gasteiger partial charge in [0.25, 0.3) is 10.1 Å². The van der Waals surface area contributed by atoms with Gasteiger partial charge in [-0.2, -0.15) is 8.42 Å². The van der Waals surface area contributed by atoms with E-state index in [4.69, 9.17) is 13.7 Å². The molecule has 0 saturated carbocycles. The number of ether oxygens (including phenoxy) is 1. The molecule has 2 aromatic carbocycles. The summed E-state index contributed by atoms with van der Waals surface area (Å²) in [5.74, 6) is 0.139. The molecule has 0 fully saturated rings. The minimum atomic E-state index is -4.17. The molecule has 7 heteroatoms. The van der Waals surface area contributed by atoms with E-state index in [9.17, 15) is 13.2 Å². The zero-order valence-corrected chi connectivity index (χ0v) is 11.8. The molecule has 0 spiro atoms. The monoisotopic (exact) mass is 308 g/mol. The van der Waals surface area contributed by atoms with Crippen molar-refractivity contribution >= 4 is 21.1 Å².